The lowest BCUT2D eigenvalue weighted by Gasteiger charge is -2.27. The first kappa shape index (κ1) is 15.7. The first-order valence-corrected chi connectivity index (χ1v) is 6.88. The van der Waals surface area contributed by atoms with Gasteiger partial charge in [0.1, 0.15) is 5.56 Å². The van der Waals surface area contributed by atoms with E-state index >= 15 is 0 Å². The third-order valence-corrected chi connectivity index (χ3v) is 3.89. The van der Waals surface area contributed by atoms with Gasteiger partial charge in [-0.3, -0.25) is 4.79 Å². The summed E-state index contributed by atoms with van der Waals surface area (Å²) in [6.45, 7) is 0. The first-order valence-electron chi connectivity index (χ1n) is 6.51. The average Bonchev–Trinajstić information content (AvgIpc) is 2.38. The number of carbonyl (C=O) groups excluding carboxylic acids is 1. The summed E-state index contributed by atoms with van der Waals surface area (Å²) in [5.41, 5.74) is -0.119. The summed E-state index contributed by atoms with van der Waals surface area (Å²) >= 11 is 5.80. The molecule has 1 fully saturated rings. The van der Waals surface area contributed by atoms with Crippen LogP contribution in [0.2, 0.25) is 5.02 Å². The van der Waals surface area contributed by atoms with E-state index in [-0.39, 0.29) is 42.0 Å². The quantitative estimate of drug-likeness (QED) is 0.891. The zero-order valence-corrected chi connectivity index (χ0v) is 11.8. The fraction of sp³-hybridized carbons (Fsp3) is 0.429. The molecule has 1 aliphatic carbocycles. The molecule has 1 aliphatic rings. The lowest BCUT2D eigenvalue weighted by atomic mass is 9.86. The standard InChI is InChI=1S/C14H14ClF2NO3/c15-9-2-1-3-10(11(9)13(20)21)18-12(19)8-4-6-14(16,17)7-5-8/h1-3,8H,4-7H2,(H,18,19)(H,20,21). The van der Waals surface area contributed by atoms with E-state index in [0.717, 1.165) is 0 Å². The molecule has 0 unspecified atom stereocenters. The van der Waals surface area contributed by atoms with Gasteiger partial charge in [-0.05, 0) is 25.0 Å². The summed E-state index contributed by atoms with van der Waals surface area (Å²) in [7, 11) is 0. The molecule has 0 bridgehead atoms. The number of hydrogen-bond acceptors (Lipinski definition) is 2. The lowest BCUT2D eigenvalue weighted by Crippen LogP contribution is -2.32. The summed E-state index contributed by atoms with van der Waals surface area (Å²) < 4.78 is 26.1. The zero-order chi connectivity index (χ0) is 15.6. The smallest absolute Gasteiger partial charge is 0.339 e. The van der Waals surface area contributed by atoms with Gasteiger partial charge >= 0.3 is 5.97 Å². The van der Waals surface area contributed by atoms with Crippen molar-refractivity contribution < 1.29 is 23.5 Å². The molecular formula is C14H14ClF2NO3. The van der Waals surface area contributed by atoms with Gasteiger partial charge < -0.3 is 10.4 Å². The molecule has 0 radical (unpaired) electrons. The van der Waals surface area contributed by atoms with Crippen LogP contribution in [0.3, 0.4) is 0 Å². The van der Waals surface area contributed by atoms with Crippen LogP contribution in [0.4, 0.5) is 14.5 Å². The molecule has 0 aliphatic heterocycles. The summed E-state index contributed by atoms with van der Waals surface area (Å²) in [5, 5.41) is 11.6. The molecule has 2 rings (SSSR count). The van der Waals surface area contributed by atoms with E-state index in [1.807, 2.05) is 0 Å². The highest BCUT2D eigenvalue weighted by Crippen LogP contribution is 2.36. The average molecular weight is 318 g/mol. The van der Waals surface area contributed by atoms with Crippen molar-refractivity contribution in [2.75, 3.05) is 5.32 Å². The zero-order valence-electron chi connectivity index (χ0n) is 11.0. The Bertz CT molecular complexity index is 567. The van der Waals surface area contributed by atoms with Crippen LogP contribution >= 0.6 is 11.6 Å². The molecule has 0 heterocycles. The molecule has 7 heteroatoms. The van der Waals surface area contributed by atoms with Gasteiger partial charge in [-0.1, -0.05) is 17.7 Å². The normalized spacial score (nSPS) is 18.2. The number of alkyl halides is 2. The second-order valence-corrected chi connectivity index (χ2v) is 5.49. The predicted octanol–water partition coefficient (Wildman–Crippen LogP) is 3.80. The van der Waals surface area contributed by atoms with Gasteiger partial charge in [0.25, 0.3) is 0 Å². The number of carboxylic acid groups (broad SMARTS) is 1. The Morgan fingerprint density at radius 2 is 1.90 bits per heavy atom. The summed E-state index contributed by atoms with van der Waals surface area (Å²) in [6.07, 6.45) is -0.484. The molecule has 0 atom stereocenters. The lowest BCUT2D eigenvalue weighted by molar-refractivity contribution is -0.124. The maximum atomic E-state index is 13.1. The Labute approximate surface area is 125 Å². The Kier molecular flexibility index (Phi) is 4.46. The third kappa shape index (κ3) is 3.69. The Hall–Kier alpha value is -1.69. The molecule has 4 nitrogen and oxygen atoms in total. The monoisotopic (exact) mass is 317 g/mol. The van der Waals surface area contributed by atoms with Gasteiger partial charge in [0.2, 0.25) is 11.8 Å². The van der Waals surface area contributed by atoms with Crippen molar-refractivity contribution in [3.63, 3.8) is 0 Å². The van der Waals surface area contributed by atoms with Crippen LogP contribution in [0.15, 0.2) is 18.2 Å². The van der Waals surface area contributed by atoms with E-state index in [1.165, 1.54) is 18.2 Å². The van der Waals surface area contributed by atoms with Crippen molar-refractivity contribution in [1.82, 2.24) is 0 Å². The number of aromatic carboxylic acids is 1. The van der Waals surface area contributed by atoms with Crippen molar-refractivity contribution >= 4 is 29.2 Å². The van der Waals surface area contributed by atoms with Gasteiger partial charge in [-0.15, -0.1) is 0 Å². The number of carboxylic acids is 1. The van der Waals surface area contributed by atoms with E-state index in [1.54, 1.807) is 0 Å². The van der Waals surface area contributed by atoms with Gasteiger partial charge in [0, 0.05) is 18.8 Å². The van der Waals surface area contributed by atoms with Crippen LogP contribution in [0.5, 0.6) is 0 Å². The third-order valence-electron chi connectivity index (χ3n) is 3.57. The number of rotatable bonds is 3. The van der Waals surface area contributed by atoms with Crippen LogP contribution in [0.25, 0.3) is 0 Å². The minimum Gasteiger partial charge on any atom is -0.478 e. The molecule has 0 aromatic heterocycles. The fourth-order valence-corrected chi connectivity index (χ4v) is 2.64. The van der Waals surface area contributed by atoms with Gasteiger partial charge in [0.15, 0.2) is 0 Å². The number of anilines is 1. The van der Waals surface area contributed by atoms with E-state index in [0.29, 0.717) is 0 Å². The van der Waals surface area contributed by atoms with Crippen molar-refractivity contribution in [1.29, 1.82) is 0 Å². The minimum absolute atomic E-state index is 0.00970. The van der Waals surface area contributed by atoms with Crippen LogP contribution < -0.4 is 5.32 Å². The van der Waals surface area contributed by atoms with Crippen molar-refractivity contribution in [2.45, 2.75) is 31.6 Å². The van der Waals surface area contributed by atoms with Crippen molar-refractivity contribution in [3.8, 4) is 0 Å². The van der Waals surface area contributed by atoms with Gasteiger partial charge in [-0.25, -0.2) is 13.6 Å². The van der Waals surface area contributed by atoms with Crippen molar-refractivity contribution in [2.24, 2.45) is 5.92 Å². The van der Waals surface area contributed by atoms with Crippen LogP contribution in [-0.4, -0.2) is 22.9 Å². The van der Waals surface area contributed by atoms with Gasteiger partial charge in [-0.2, -0.15) is 0 Å². The molecule has 0 spiro atoms. The predicted molar refractivity (Wildman–Crippen MR) is 73.9 cm³/mol. The Balaban J connectivity index is 2.11. The largest absolute Gasteiger partial charge is 0.478 e. The highest BCUT2D eigenvalue weighted by molar-refractivity contribution is 6.34. The number of halogens is 3. The second-order valence-electron chi connectivity index (χ2n) is 5.09. The van der Waals surface area contributed by atoms with Crippen LogP contribution in [0.1, 0.15) is 36.0 Å². The van der Waals surface area contributed by atoms with E-state index in [2.05, 4.69) is 5.32 Å². The highest BCUT2D eigenvalue weighted by Gasteiger charge is 2.37. The molecular weight excluding hydrogens is 304 g/mol. The number of carbonyl (C=O) groups is 2. The maximum absolute atomic E-state index is 13.1. The van der Waals surface area contributed by atoms with E-state index < -0.39 is 23.7 Å². The molecule has 2 N–H and O–H groups in total. The molecule has 1 saturated carbocycles. The van der Waals surface area contributed by atoms with Crippen molar-refractivity contribution in [3.05, 3.63) is 28.8 Å². The minimum atomic E-state index is -2.71. The first-order chi connectivity index (χ1) is 9.80. The summed E-state index contributed by atoms with van der Waals surface area (Å²) in [5.74, 6) is -4.95. The number of hydrogen-bond donors (Lipinski definition) is 2. The number of nitrogens with one attached hydrogen (secondary N) is 1. The summed E-state index contributed by atoms with van der Waals surface area (Å²) in [4.78, 5) is 23.2. The molecule has 0 saturated heterocycles. The van der Waals surface area contributed by atoms with Crippen LogP contribution in [-0.2, 0) is 4.79 Å². The van der Waals surface area contributed by atoms with E-state index in [9.17, 15) is 18.4 Å². The molecule has 1 aromatic carbocycles. The topological polar surface area (TPSA) is 66.4 Å². The Morgan fingerprint density at radius 1 is 1.29 bits per heavy atom. The highest BCUT2D eigenvalue weighted by atomic mass is 35.5. The number of amides is 1. The maximum Gasteiger partial charge on any atom is 0.339 e. The van der Waals surface area contributed by atoms with E-state index in [4.69, 9.17) is 16.7 Å². The van der Waals surface area contributed by atoms with Crippen LogP contribution in [0, 0.1) is 5.92 Å². The molecule has 114 valence electrons. The number of benzene rings is 1. The fourth-order valence-electron chi connectivity index (χ4n) is 2.38. The molecule has 21 heavy (non-hydrogen) atoms. The second kappa shape index (κ2) is 5.97. The summed E-state index contributed by atoms with van der Waals surface area (Å²) in [6, 6.07) is 4.34. The molecule has 1 aromatic rings. The Morgan fingerprint density at radius 3 is 2.48 bits per heavy atom. The molecule has 1 amide bonds. The van der Waals surface area contributed by atoms with Gasteiger partial charge in [0.05, 0.1) is 10.7 Å². The SMILES string of the molecule is O=C(O)c1c(Cl)cccc1NC(=O)C1CCC(F)(F)CC1.